The number of esters is 1. The van der Waals surface area contributed by atoms with E-state index in [1.165, 1.54) is 13.4 Å². The summed E-state index contributed by atoms with van der Waals surface area (Å²) >= 11 is 0. The summed E-state index contributed by atoms with van der Waals surface area (Å²) in [6.45, 7) is 0. The van der Waals surface area contributed by atoms with Gasteiger partial charge in [-0.2, -0.15) is 0 Å². The van der Waals surface area contributed by atoms with Crippen molar-refractivity contribution in [1.82, 2.24) is 10.5 Å². The fraction of sp³-hybridized carbons (Fsp3) is 0.167. The maximum absolute atomic E-state index is 12.2. The molecule has 0 aliphatic heterocycles. The summed E-state index contributed by atoms with van der Waals surface area (Å²) in [7, 11) is 1.29. The van der Waals surface area contributed by atoms with Crippen LogP contribution in [0.3, 0.4) is 0 Å². The van der Waals surface area contributed by atoms with Crippen molar-refractivity contribution in [2.24, 2.45) is 0 Å². The molecular formula is C18H16N2O4. The summed E-state index contributed by atoms with van der Waals surface area (Å²) in [5, 5.41) is 8.42. The highest BCUT2D eigenvalue weighted by Gasteiger charge is 2.24. The Kier molecular flexibility index (Phi) is 4.56. The molecule has 0 saturated carbocycles. The van der Waals surface area contributed by atoms with E-state index in [1.54, 1.807) is 12.1 Å². The first-order chi connectivity index (χ1) is 11.7. The van der Waals surface area contributed by atoms with Gasteiger partial charge in [0.05, 0.1) is 19.2 Å². The normalized spacial score (nSPS) is 11.9. The minimum Gasteiger partial charge on any atom is -0.467 e. The van der Waals surface area contributed by atoms with Crippen molar-refractivity contribution in [3.8, 4) is 0 Å². The molecule has 1 atom stereocenters. The maximum atomic E-state index is 12.2. The molecule has 0 aliphatic carbocycles. The van der Waals surface area contributed by atoms with Crippen LogP contribution in [0.1, 0.15) is 17.3 Å². The predicted octanol–water partition coefficient (Wildman–Crippen LogP) is 2.40. The number of aromatic nitrogens is 1. The molecule has 3 rings (SSSR count). The van der Waals surface area contributed by atoms with Crippen molar-refractivity contribution in [1.29, 1.82) is 0 Å². The zero-order valence-corrected chi connectivity index (χ0v) is 13.1. The first-order valence-corrected chi connectivity index (χ1v) is 7.42. The number of hydrogen-bond acceptors (Lipinski definition) is 5. The average molecular weight is 324 g/mol. The molecule has 1 aromatic heterocycles. The fourth-order valence-corrected chi connectivity index (χ4v) is 2.49. The second-order valence-corrected chi connectivity index (χ2v) is 5.30. The van der Waals surface area contributed by atoms with Gasteiger partial charge in [0, 0.05) is 6.07 Å². The van der Waals surface area contributed by atoms with E-state index < -0.39 is 12.0 Å². The summed E-state index contributed by atoms with van der Waals surface area (Å²) < 4.78 is 9.53. The predicted molar refractivity (Wildman–Crippen MR) is 87.1 cm³/mol. The smallest absolute Gasteiger partial charge is 0.333 e. The third kappa shape index (κ3) is 3.43. The van der Waals surface area contributed by atoms with Gasteiger partial charge in [-0.15, -0.1) is 0 Å². The molecule has 3 aromatic rings. The van der Waals surface area contributed by atoms with Gasteiger partial charge in [0.2, 0.25) is 5.91 Å². The standard InChI is InChI=1S/C18H16N2O4/c1-23-18(22)17(19-16(21)11-15-8-9-24-20-15)14-7-6-12-4-2-3-5-13(12)10-14/h2-10,17H,11H2,1H3,(H,19,21). The summed E-state index contributed by atoms with van der Waals surface area (Å²) in [6, 6.07) is 14.1. The zero-order valence-electron chi connectivity index (χ0n) is 13.1. The highest BCUT2D eigenvalue weighted by atomic mass is 16.5. The van der Waals surface area contributed by atoms with E-state index in [2.05, 4.69) is 10.5 Å². The Morgan fingerprint density at radius 3 is 2.67 bits per heavy atom. The number of rotatable bonds is 5. The Balaban J connectivity index is 1.84. The molecular weight excluding hydrogens is 308 g/mol. The number of ether oxygens (including phenoxy) is 1. The number of amides is 1. The molecule has 0 aliphatic rings. The largest absolute Gasteiger partial charge is 0.467 e. The summed E-state index contributed by atoms with van der Waals surface area (Å²) in [4.78, 5) is 24.3. The van der Waals surface area contributed by atoms with Gasteiger partial charge in [-0.1, -0.05) is 41.6 Å². The monoisotopic (exact) mass is 324 g/mol. The topological polar surface area (TPSA) is 81.4 Å². The molecule has 1 unspecified atom stereocenters. The number of nitrogens with one attached hydrogen (secondary N) is 1. The zero-order chi connectivity index (χ0) is 16.9. The SMILES string of the molecule is COC(=O)C(NC(=O)Cc1ccon1)c1ccc2ccccc2c1. The van der Waals surface area contributed by atoms with Crippen LogP contribution in [0.5, 0.6) is 0 Å². The Labute approximate surface area is 138 Å². The highest BCUT2D eigenvalue weighted by molar-refractivity contribution is 5.89. The Hall–Kier alpha value is -3.15. The average Bonchev–Trinajstić information content (AvgIpc) is 3.11. The van der Waals surface area contributed by atoms with Crippen LogP contribution in [0.4, 0.5) is 0 Å². The first kappa shape index (κ1) is 15.7. The first-order valence-electron chi connectivity index (χ1n) is 7.42. The minimum atomic E-state index is -0.876. The summed E-state index contributed by atoms with van der Waals surface area (Å²) in [6.07, 6.45) is 1.42. The number of carbonyl (C=O) groups excluding carboxylic acids is 2. The van der Waals surface area contributed by atoms with Crippen molar-refractivity contribution in [2.75, 3.05) is 7.11 Å². The van der Waals surface area contributed by atoms with E-state index in [-0.39, 0.29) is 12.3 Å². The Bertz CT molecular complexity index is 858. The van der Waals surface area contributed by atoms with E-state index >= 15 is 0 Å². The quantitative estimate of drug-likeness (QED) is 0.729. The molecule has 1 N–H and O–H groups in total. The van der Waals surface area contributed by atoms with Crippen LogP contribution in [0, 0.1) is 0 Å². The van der Waals surface area contributed by atoms with Crippen molar-refractivity contribution < 1.29 is 18.8 Å². The summed E-state index contributed by atoms with van der Waals surface area (Å²) in [5.74, 6) is -0.869. The molecule has 0 spiro atoms. The van der Waals surface area contributed by atoms with Crippen LogP contribution in [0.15, 0.2) is 59.3 Å². The van der Waals surface area contributed by atoms with Crippen LogP contribution in [-0.4, -0.2) is 24.1 Å². The molecule has 0 radical (unpaired) electrons. The summed E-state index contributed by atoms with van der Waals surface area (Å²) in [5.41, 5.74) is 1.16. The second-order valence-electron chi connectivity index (χ2n) is 5.30. The molecule has 2 aromatic carbocycles. The van der Waals surface area contributed by atoms with E-state index in [4.69, 9.17) is 9.26 Å². The number of hydrogen-bond donors (Lipinski definition) is 1. The number of carbonyl (C=O) groups is 2. The van der Waals surface area contributed by atoms with Crippen LogP contribution in [-0.2, 0) is 20.7 Å². The molecule has 1 heterocycles. The molecule has 0 saturated heterocycles. The van der Waals surface area contributed by atoms with Crippen LogP contribution in [0.2, 0.25) is 0 Å². The second kappa shape index (κ2) is 6.95. The maximum Gasteiger partial charge on any atom is 0.333 e. The van der Waals surface area contributed by atoms with E-state index in [0.717, 1.165) is 10.8 Å². The number of methoxy groups -OCH3 is 1. The van der Waals surface area contributed by atoms with Crippen molar-refractivity contribution in [3.05, 3.63) is 66.1 Å². The Morgan fingerprint density at radius 1 is 1.17 bits per heavy atom. The lowest BCUT2D eigenvalue weighted by Gasteiger charge is -2.17. The van der Waals surface area contributed by atoms with E-state index in [1.807, 2.05) is 36.4 Å². The highest BCUT2D eigenvalue weighted by Crippen LogP contribution is 2.21. The van der Waals surface area contributed by atoms with E-state index in [9.17, 15) is 9.59 Å². The molecule has 6 nitrogen and oxygen atoms in total. The number of nitrogens with zero attached hydrogens (tertiary/aromatic N) is 1. The Morgan fingerprint density at radius 2 is 1.96 bits per heavy atom. The van der Waals surface area contributed by atoms with Gasteiger partial charge in [0.25, 0.3) is 0 Å². The molecule has 0 bridgehead atoms. The van der Waals surface area contributed by atoms with Crippen molar-refractivity contribution in [2.45, 2.75) is 12.5 Å². The van der Waals surface area contributed by atoms with Crippen molar-refractivity contribution >= 4 is 22.6 Å². The lowest BCUT2D eigenvalue weighted by Crippen LogP contribution is -2.35. The lowest BCUT2D eigenvalue weighted by atomic mass is 10.0. The van der Waals surface area contributed by atoms with Crippen LogP contribution in [0.25, 0.3) is 10.8 Å². The third-order valence-corrected chi connectivity index (χ3v) is 3.68. The fourth-order valence-electron chi connectivity index (χ4n) is 2.49. The molecule has 0 fully saturated rings. The van der Waals surface area contributed by atoms with Gasteiger partial charge < -0.3 is 14.6 Å². The van der Waals surface area contributed by atoms with Gasteiger partial charge in [-0.05, 0) is 22.4 Å². The van der Waals surface area contributed by atoms with E-state index in [0.29, 0.717) is 11.3 Å². The molecule has 1 amide bonds. The van der Waals surface area contributed by atoms with Gasteiger partial charge in [0.15, 0.2) is 6.04 Å². The van der Waals surface area contributed by atoms with Crippen LogP contribution < -0.4 is 5.32 Å². The molecule has 122 valence electrons. The molecule has 6 heteroatoms. The third-order valence-electron chi connectivity index (χ3n) is 3.68. The van der Waals surface area contributed by atoms with Crippen molar-refractivity contribution in [3.63, 3.8) is 0 Å². The number of benzene rings is 2. The number of fused-ring (bicyclic) bond motifs is 1. The van der Waals surface area contributed by atoms with Gasteiger partial charge in [0.1, 0.15) is 6.26 Å². The van der Waals surface area contributed by atoms with Crippen LogP contribution >= 0.6 is 0 Å². The van der Waals surface area contributed by atoms with Gasteiger partial charge in [-0.25, -0.2) is 4.79 Å². The molecule has 24 heavy (non-hydrogen) atoms. The minimum absolute atomic E-state index is 0.0254. The van der Waals surface area contributed by atoms with Gasteiger partial charge >= 0.3 is 5.97 Å². The van der Waals surface area contributed by atoms with Gasteiger partial charge in [-0.3, -0.25) is 4.79 Å². The lowest BCUT2D eigenvalue weighted by molar-refractivity contribution is -0.145.